The van der Waals surface area contributed by atoms with Crippen molar-refractivity contribution >= 4 is 27.2 Å². The Morgan fingerprint density at radius 3 is 2.13 bits per heavy atom. The lowest BCUT2D eigenvalue weighted by Crippen LogP contribution is -2.39. The van der Waals surface area contributed by atoms with E-state index >= 15 is 0 Å². The average molecular weight is 336 g/mol. The van der Waals surface area contributed by atoms with Gasteiger partial charge in [0, 0.05) is 19.3 Å². The molecule has 0 bridgehead atoms. The summed E-state index contributed by atoms with van der Waals surface area (Å²) in [6, 6.07) is 7.67. The average Bonchev–Trinajstić information content (AvgIpc) is 2.42. The number of carbonyl (C=O) groups excluding carboxylic acids is 3. The maximum atomic E-state index is 12.2. The zero-order valence-electron chi connectivity index (χ0n) is 13.2. The number of hydrogen-bond donors (Lipinski definition) is 0. The van der Waals surface area contributed by atoms with Gasteiger partial charge in [0.25, 0.3) is 0 Å². The highest BCUT2D eigenvalue weighted by Gasteiger charge is 2.40. The summed E-state index contributed by atoms with van der Waals surface area (Å²) in [5, 5.41) is 0. The van der Waals surface area contributed by atoms with Crippen molar-refractivity contribution in [3.8, 4) is 0 Å². The molecular weight excluding hydrogens is 316 g/mol. The third-order valence-electron chi connectivity index (χ3n) is 3.97. The maximum absolute atomic E-state index is 12.2. The van der Waals surface area contributed by atoms with Gasteiger partial charge in [-0.2, -0.15) is 0 Å². The molecule has 2 rings (SSSR count). The largest absolute Gasteiger partial charge is 0.299 e. The number of Topliss-reactive ketones (excluding diaryl/α,β-unsaturated/α-hetero) is 3. The van der Waals surface area contributed by atoms with Gasteiger partial charge in [0.2, 0.25) is 0 Å². The second kappa shape index (κ2) is 6.35. The van der Waals surface area contributed by atoms with Gasteiger partial charge in [-0.1, -0.05) is 32.0 Å². The third kappa shape index (κ3) is 4.34. The zero-order valence-corrected chi connectivity index (χ0v) is 14.1. The van der Waals surface area contributed by atoms with Crippen LogP contribution >= 0.6 is 0 Å². The molecule has 23 heavy (non-hydrogen) atoms. The van der Waals surface area contributed by atoms with Crippen molar-refractivity contribution in [2.24, 2.45) is 11.3 Å². The lowest BCUT2D eigenvalue weighted by atomic mass is 9.70. The van der Waals surface area contributed by atoms with Crippen LogP contribution in [0.4, 0.5) is 0 Å². The first-order valence-electron chi connectivity index (χ1n) is 7.46. The van der Waals surface area contributed by atoms with E-state index in [4.69, 9.17) is 0 Å². The molecule has 0 amide bonds. The predicted octanol–water partition coefficient (Wildman–Crippen LogP) is 1.99. The summed E-state index contributed by atoms with van der Waals surface area (Å²) in [6.07, 6.45) is 0.157. The monoisotopic (exact) mass is 336 g/mol. The Hall–Kier alpha value is -1.82. The fraction of sp³-hybridized carbons (Fsp3) is 0.471. The van der Waals surface area contributed by atoms with E-state index in [0.717, 1.165) is 0 Å². The second-order valence-electron chi connectivity index (χ2n) is 6.82. The van der Waals surface area contributed by atoms with Crippen LogP contribution in [0.3, 0.4) is 0 Å². The highest BCUT2D eigenvalue weighted by Crippen LogP contribution is 2.35. The van der Waals surface area contributed by atoms with Gasteiger partial charge in [-0.05, 0) is 17.5 Å². The summed E-state index contributed by atoms with van der Waals surface area (Å²) in [7, 11) is -3.74. The quantitative estimate of drug-likeness (QED) is 0.768. The van der Waals surface area contributed by atoms with E-state index in [2.05, 4.69) is 0 Å². The van der Waals surface area contributed by atoms with Gasteiger partial charge in [-0.15, -0.1) is 0 Å². The fourth-order valence-electron chi connectivity index (χ4n) is 2.87. The van der Waals surface area contributed by atoms with E-state index in [9.17, 15) is 22.8 Å². The minimum Gasteiger partial charge on any atom is -0.299 e. The lowest BCUT2D eigenvalue weighted by molar-refractivity contribution is -0.142. The lowest BCUT2D eigenvalue weighted by Gasteiger charge is -2.31. The minimum atomic E-state index is -3.74. The van der Waals surface area contributed by atoms with Crippen LogP contribution in [0.2, 0.25) is 0 Å². The van der Waals surface area contributed by atoms with Crippen LogP contribution in [0.15, 0.2) is 35.2 Å². The van der Waals surface area contributed by atoms with Crippen molar-refractivity contribution in [2.75, 3.05) is 5.75 Å². The molecule has 0 saturated heterocycles. The molecule has 1 aliphatic carbocycles. The van der Waals surface area contributed by atoms with Crippen molar-refractivity contribution in [1.82, 2.24) is 0 Å². The topological polar surface area (TPSA) is 85.3 Å². The Labute approximate surface area is 136 Å². The molecule has 1 saturated carbocycles. The number of hydrogen-bond acceptors (Lipinski definition) is 5. The zero-order chi connectivity index (χ0) is 17.3. The Kier molecular flexibility index (Phi) is 4.84. The summed E-state index contributed by atoms with van der Waals surface area (Å²) in [5.74, 6) is -2.80. The summed E-state index contributed by atoms with van der Waals surface area (Å²) in [4.78, 5) is 36.3. The molecule has 124 valence electrons. The normalized spacial score (nSPS) is 18.9. The van der Waals surface area contributed by atoms with Gasteiger partial charge in [-0.25, -0.2) is 8.42 Å². The van der Waals surface area contributed by atoms with E-state index < -0.39 is 27.3 Å². The molecule has 0 radical (unpaired) electrons. The standard InChI is InChI=1S/C17H20O5S/c1-17(2)9-15(19)14(16(20)10-17)8-12(18)11-23(21,22)13-6-4-3-5-7-13/h3-7,14H,8-11H2,1-2H3. The molecule has 1 aromatic carbocycles. The Balaban J connectivity index is 2.06. The molecule has 0 heterocycles. The summed E-state index contributed by atoms with van der Waals surface area (Å²) in [5.41, 5.74) is -0.385. The fourth-order valence-corrected chi connectivity index (χ4v) is 4.15. The molecular formula is C17H20O5S. The number of ketones is 3. The van der Waals surface area contributed by atoms with E-state index in [-0.39, 0.29) is 41.1 Å². The van der Waals surface area contributed by atoms with E-state index in [0.29, 0.717) is 0 Å². The van der Waals surface area contributed by atoms with E-state index in [1.807, 2.05) is 13.8 Å². The van der Waals surface area contributed by atoms with Crippen LogP contribution in [-0.2, 0) is 24.2 Å². The molecule has 0 aromatic heterocycles. The highest BCUT2D eigenvalue weighted by atomic mass is 32.2. The van der Waals surface area contributed by atoms with Gasteiger partial charge < -0.3 is 0 Å². The van der Waals surface area contributed by atoms with Crippen molar-refractivity contribution in [1.29, 1.82) is 0 Å². The number of carbonyl (C=O) groups is 3. The molecule has 0 N–H and O–H groups in total. The van der Waals surface area contributed by atoms with Gasteiger partial charge in [0.05, 0.1) is 10.8 Å². The van der Waals surface area contributed by atoms with Crippen LogP contribution in [0.5, 0.6) is 0 Å². The summed E-state index contributed by atoms with van der Waals surface area (Å²) < 4.78 is 24.3. The first kappa shape index (κ1) is 17.5. The third-order valence-corrected chi connectivity index (χ3v) is 5.66. The molecule has 0 atom stereocenters. The SMILES string of the molecule is CC1(C)CC(=O)C(CC(=O)CS(=O)(=O)c2ccccc2)C(=O)C1. The first-order chi connectivity index (χ1) is 10.6. The molecule has 1 aromatic rings. The number of benzene rings is 1. The van der Waals surface area contributed by atoms with Crippen molar-refractivity contribution in [2.45, 2.75) is 38.0 Å². The number of rotatable bonds is 5. The van der Waals surface area contributed by atoms with Gasteiger partial charge in [0.15, 0.2) is 9.84 Å². The smallest absolute Gasteiger partial charge is 0.185 e. The van der Waals surface area contributed by atoms with Crippen LogP contribution in [0, 0.1) is 11.3 Å². The predicted molar refractivity (Wildman–Crippen MR) is 84.6 cm³/mol. The molecule has 5 nitrogen and oxygen atoms in total. The number of sulfone groups is 1. The minimum absolute atomic E-state index is 0.0655. The highest BCUT2D eigenvalue weighted by molar-refractivity contribution is 7.92. The van der Waals surface area contributed by atoms with Crippen LogP contribution < -0.4 is 0 Å². The van der Waals surface area contributed by atoms with Crippen LogP contribution in [-0.4, -0.2) is 31.5 Å². The molecule has 0 spiro atoms. The van der Waals surface area contributed by atoms with Gasteiger partial charge >= 0.3 is 0 Å². The Morgan fingerprint density at radius 2 is 1.61 bits per heavy atom. The van der Waals surface area contributed by atoms with Gasteiger partial charge in [-0.3, -0.25) is 14.4 Å². The molecule has 1 fully saturated rings. The summed E-state index contributed by atoms with van der Waals surface area (Å²) >= 11 is 0. The second-order valence-corrected chi connectivity index (χ2v) is 8.81. The molecule has 0 unspecified atom stereocenters. The Bertz CT molecular complexity index is 712. The Morgan fingerprint density at radius 1 is 1.09 bits per heavy atom. The van der Waals surface area contributed by atoms with Crippen molar-refractivity contribution in [3.63, 3.8) is 0 Å². The molecule has 6 heteroatoms. The van der Waals surface area contributed by atoms with Crippen LogP contribution in [0.1, 0.15) is 33.1 Å². The van der Waals surface area contributed by atoms with Gasteiger partial charge in [0.1, 0.15) is 23.1 Å². The van der Waals surface area contributed by atoms with Crippen LogP contribution in [0.25, 0.3) is 0 Å². The van der Waals surface area contributed by atoms with Crippen molar-refractivity contribution < 1.29 is 22.8 Å². The first-order valence-corrected chi connectivity index (χ1v) is 9.11. The molecule has 0 aliphatic heterocycles. The van der Waals surface area contributed by atoms with E-state index in [1.165, 1.54) is 12.1 Å². The molecule has 1 aliphatic rings. The maximum Gasteiger partial charge on any atom is 0.185 e. The summed E-state index contributed by atoms with van der Waals surface area (Å²) in [6.45, 7) is 3.67. The van der Waals surface area contributed by atoms with Crippen molar-refractivity contribution in [3.05, 3.63) is 30.3 Å². The van der Waals surface area contributed by atoms with E-state index in [1.54, 1.807) is 18.2 Å².